The van der Waals surface area contributed by atoms with E-state index in [4.69, 9.17) is 0 Å². The summed E-state index contributed by atoms with van der Waals surface area (Å²) in [5.41, 5.74) is 0.890. The first-order valence-corrected chi connectivity index (χ1v) is 8.08. The van der Waals surface area contributed by atoms with Crippen molar-refractivity contribution in [1.29, 1.82) is 0 Å². The Kier molecular flexibility index (Phi) is 3.92. The van der Waals surface area contributed by atoms with Gasteiger partial charge in [0.15, 0.2) is 9.84 Å². The normalized spacial score (nSPS) is 24.1. The van der Waals surface area contributed by atoms with Crippen molar-refractivity contribution in [3.05, 3.63) is 24.3 Å². The van der Waals surface area contributed by atoms with Crippen molar-refractivity contribution >= 4 is 15.5 Å². The van der Waals surface area contributed by atoms with Crippen molar-refractivity contribution in [3.63, 3.8) is 0 Å². The van der Waals surface area contributed by atoms with Crippen LogP contribution in [-0.4, -0.2) is 32.4 Å². The maximum absolute atomic E-state index is 11.3. The molecule has 0 bridgehead atoms. The van der Waals surface area contributed by atoms with E-state index in [2.05, 4.69) is 5.32 Å². The van der Waals surface area contributed by atoms with E-state index in [-0.39, 0.29) is 6.10 Å². The Labute approximate surface area is 108 Å². The standard InChI is InChI=1S/C13H19NO3S/c1-18(16,17)12-7-5-11(6-8-12)14-9-10-3-2-4-13(10)15/h5-8,10,13-15H,2-4,9H2,1H3. The third kappa shape index (κ3) is 3.23. The Morgan fingerprint density at radius 2 is 1.94 bits per heavy atom. The predicted molar refractivity (Wildman–Crippen MR) is 71.4 cm³/mol. The van der Waals surface area contributed by atoms with Gasteiger partial charge in [-0.05, 0) is 37.1 Å². The second-order valence-electron chi connectivity index (χ2n) is 4.94. The van der Waals surface area contributed by atoms with Crippen LogP contribution in [0.5, 0.6) is 0 Å². The summed E-state index contributed by atoms with van der Waals surface area (Å²) in [7, 11) is -3.13. The van der Waals surface area contributed by atoms with Crippen LogP contribution in [0.25, 0.3) is 0 Å². The molecule has 0 amide bonds. The fourth-order valence-corrected chi connectivity index (χ4v) is 2.95. The van der Waals surface area contributed by atoms with E-state index in [9.17, 15) is 13.5 Å². The number of hydrogen-bond acceptors (Lipinski definition) is 4. The number of anilines is 1. The van der Waals surface area contributed by atoms with Crippen LogP contribution in [0.4, 0.5) is 5.69 Å². The third-order valence-corrected chi connectivity index (χ3v) is 4.60. The molecule has 1 aliphatic rings. The molecule has 5 heteroatoms. The van der Waals surface area contributed by atoms with Gasteiger partial charge in [0.05, 0.1) is 11.0 Å². The van der Waals surface area contributed by atoms with E-state index < -0.39 is 9.84 Å². The van der Waals surface area contributed by atoms with Gasteiger partial charge in [0.2, 0.25) is 0 Å². The number of aliphatic hydroxyl groups excluding tert-OH is 1. The molecule has 0 heterocycles. The lowest BCUT2D eigenvalue weighted by atomic mass is 10.1. The summed E-state index contributed by atoms with van der Waals surface area (Å²) >= 11 is 0. The summed E-state index contributed by atoms with van der Waals surface area (Å²) in [5, 5.41) is 12.9. The maximum atomic E-state index is 11.3. The second-order valence-corrected chi connectivity index (χ2v) is 6.95. The van der Waals surface area contributed by atoms with Gasteiger partial charge < -0.3 is 10.4 Å². The van der Waals surface area contributed by atoms with Crippen LogP contribution in [-0.2, 0) is 9.84 Å². The van der Waals surface area contributed by atoms with Crippen LogP contribution in [0, 0.1) is 5.92 Å². The third-order valence-electron chi connectivity index (χ3n) is 3.47. The first-order valence-electron chi connectivity index (χ1n) is 6.19. The molecule has 1 fully saturated rings. The molecule has 2 unspecified atom stereocenters. The Morgan fingerprint density at radius 3 is 2.44 bits per heavy atom. The van der Waals surface area contributed by atoms with Crippen LogP contribution >= 0.6 is 0 Å². The molecule has 100 valence electrons. The van der Waals surface area contributed by atoms with Crippen LogP contribution in [0.15, 0.2) is 29.2 Å². The Balaban J connectivity index is 1.94. The number of benzene rings is 1. The van der Waals surface area contributed by atoms with Gasteiger partial charge in [-0.25, -0.2) is 8.42 Å². The van der Waals surface area contributed by atoms with Crippen molar-refractivity contribution in [2.24, 2.45) is 5.92 Å². The minimum atomic E-state index is -3.13. The van der Waals surface area contributed by atoms with E-state index >= 15 is 0 Å². The molecule has 0 aromatic heterocycles. The summed E-state index contributed by atoms with van der Waals surface area (Å²) in [5.74, 6) is 0.305. The first-order chi connectivity index (χ1) is 8.47. The topological polar surface area (TPSA) is 66.4 Å². The van der Waals surface area contributed by atoms with Gasteiger partial charge >= 0.3 is 0 Å². The fourth-order valence-electron chi connectivity index (χ4n) is 2.32. The van der Waals surface area contributed by atoms with Crippen molar-refractivity contribution in [2.75, 3.05) is 18.1 Å². The Hall–Kier alpha value is -1.07. The van der Waals surface area contributed by atoms with E-state index in [1.54, 1.807) is 24.3 Å². The summed E-state index contributed by atoms with van der Waals surface area (Å²) < 4.78 is 22.6. The summed E-state index contributed by atoms with van der Waals surface area (Å²) in [6.45, 7) is 0.736. The fraction of sp³-hybridized carbons (Fsp3) is 0.538. The molecule has 1 aromatic carbocycles. The van der Waals surface area contributed by atoms with Crippen LogP contribution in [0.1, 0.15) is 19.3 Å². The second kappa shape index (κ2) is 5.28. The number of aliphatic hydroxyl groups is 1. The van der Waals surface area contributed by atoms with Crippen LogP contribution in [0.2, 0.25) is 0 Å². The highest BCUT2D eigenvalue weighted by molar-refractivity contribution is 7.90. The molecule has 1 aliphatic carbocycles. The van der Waals surface area contributed by atoms with E-state index in [0.717, 1.165) is 31.5 Å². The lowest BCUT2D eigenvalue weighted by Crippen LogP contribution is -2.21. The Morgan fingerprint density at radius 1 is 1.28 bits per heavy atom. The molecule has 2 rings (SSSR count). The zero-order valence-electron chi connectivity index (χ0n) is 10.5. The zero-order chi connectivity index (χ0) is 13.2. The van der Waals surface area contributed by atoms with E-state index in [1.807, 2.05) is 0 Å². The molecule has 1 aromatic rings. The maximum Gasteiger partial charge on any atom is 0.175 e. The number of sulfone groups is 1. The highest BCUT2D eigenvalue weighted by atomic mass is 32.2. The van der Waals surface area contributed by atoms with Crippen molar-refractivity contribution < 1.29 is 13.5 Å². The molecular formula is C13H19NO3S. The molecular weight excluding hydrogens is 250 g/mol. The van der Waals surface area contributed by atoms with Gasteiger partial charge in [-0.1, -0.05) is 6.42 Å². The highest BCUT2D eigenvalue weighted by Crippen LogP contribution is 2.25. The van der Waals surface area contributed by atoms with E-state index in [1.165, 1.54) is 6.26 Å². The van der Waals surface area contributed by atoms with Gasteiger partial charge in [0, 0.05) is 24.4 Å². The van der Waals surface area contributed by atoms with Gasteiger partial charge in [-0.3, -0.25) is 0 Å². The number of hydrogen-bond donors (Lipinski definition) is 2. The summed E-state index contributed by atoms with van der Waals surface area (Å²) in [6, 6.07) is 6.72. The molecule has 2 N–H and O–H groups in total. The molecule has 0 spiro atoms. The summed E-state index contributed by atoms with van der Waals surface area (Å²) in [4.78, 5) is 0.328. The largest absolute Gasteiger partial charge is 0.393 e. The average Bonchev–Trinajstić information content (AvgIpc) is 2.72. The minimum Gasteiger partial charge on any atom is -0.393 e. The molecule has 0 saturated heterocycles. The molecule has 4 nitrogen and oxygen atoms in total. The van der Waals surface area contributed by atoms with Crippen LogP contribution in [0.3, 0.4) is 0 Å². The average molecular weight is 269 g/mol. The molecule has 1 saturated carbocycles. The Bertz CT molecular complexity index is 495. The van der Waals surface area contributed by atoms with Gasteiger partial charge in [0.25, 0.3) is 0 Å². The zero-order valence-corrected chi connectivity index (χ0v) is 11.3. The first kappa shape index (κ1) is 13.4. The minimum absolute atomic E-state index is 0.201. The van der Waals surface area contributed by atoms with Crippen LogP contribution < -0.4 is 5.32 Å². The van der Waals surface area contributed by atoms with Gasteiger partial charge in [-0.15, -0.1) is 0 Å². The van der Waals surface area contributed by atoms with E-state index in [0.29, 0.717) is 10.8 Å². The highest BCUT2D eigenvalue weighted by Gasteiger charge is 2.24. The van der Waals surface area contributed by atoms with Crippen molar-refractivity contribution in [1.82, 2.24) is 0 Å². The monoisotopic (exact) mass is 269 g/mol. The van der Waals surface area contributed by atoms with Gasteiger partial charge in [0.1, 0.15) is 0 Å². The summed E-state index contributed by atoms with van der Waals surface area (Å²) in [6.07, 6.45) is 4.02. The molecule has 0 aliphatic heterocycles. The number of rotatable bonds is 4. The quantitative estimate of drug-likeness (QED) is 0.872. The van der Waals surface area contributed by atoms with Crippen molar-refractivity contribution in [2.45, 2.75) is 30.3 Å². The van der Waals surface area contributed by atoms with Crippen molar-refractivity contribution in [3.8, 4) is 0 Å². The smallest absolute Gasteiger partial charge is 0.175 e. The predicted octanol–water partition coefficient (Wildman–Crippen LogP) is 1.66. The lowest BCUT2D eigenvalue weighted by molar-refractivity contribution is 0.138. The molecule has 18 heavy (non-hydrogen) atoms. The molecule has 2 atom stereocenters. The van der Waals surface area contributed by atoms with Gasteiger partial charge in [-0.2, -0.15) is 0 Å². The lowest BCUT2D eigenvalue weighted by Gasteiger charge is -2.16. The molecule has 0 radical (unpaired) electrons. The number of nitrogens with one attached hydrogen (secondary N) is 1. The SMILES string of the molecule is CS(=O)(=O)c1ccc(NCC2CCCC2O)cc1.